The Labute approximate surface area is 293 Å². The van der Waals surface area contributed by atoms with E-state index in [9.17, 15) is 9.59 Å². The van der Waals surface area contributed by atoms with Crippen LogP contribution in [-0.4, -0.2) is 18.4 Å². The molecule has 0 bridgehead atoms. The van der Waals surface area contributed by atoms with E-state index < -0.39 is 0 Å². The van der Waals surface area contributed by atoms with Crippen LogP contribution in [0.25, 0.3) is 11.1 Å². The molecule has 0 fully saturated rings. The highest BCUT2D eigenvalue weighted by Crippen LogP contribution is 2.36. The highest BCUT2D eigenvalue weighted by molar-refractivity contribution is 6.30. The molecule has 1 unspecified atom stereocenters. The van der Waals surface area contributed by atoms with Crippen molar-refractivity contribution in [1.82, 2.24) is 5.32 Å². The molecule has 0 saturated carbocycles. The van der Waals surface area contributed by atoms with Crippen molar-refractivity contribution in [2.45, 2.75) is 44.7 Å². The molecule has 0 radical (unpaired) electrons. The average Bonchev–Trinajstić information content (AvgIpc) is 3.11. The Morgan fingerprint density at radius 2 is 1.60 bits per heavy atom. The summed E-state index contributed by atoms with van der Waals surface area (Å²) in [6, 6.07) is 38.7. The van der Waals surface area contributed by atoms with Crippen LogP contribution >= 0.6 is 24.0 Å². The summed E-state index contributed by atoms with van der Waals surface area (Å²) in [4.78, 5) is 29.1. The first-order valence-corrected chi connectivity index (χ1v) is 16.5. The van der Waals surface area contributed by atoms with E-state index >= 15 is 0 Å². The zero-order valence-corrected chi connectivity index (χ0v) is 28.2. The van der Waals surface area contributed by atoms with Crippen molar-refractivity contribution in [2.24, 2.45) is 5.73 Å². The molecule has 48 heavy (non-hydrogen) atoms. The monoisotopic (exact) mass is 679 g/mol. The molecule has 1 aliphatic rings. The molecule has 0 saturated heterocycles. The smallest absolute Gasteiger partial charge is 0.258 e. The minimum atomic E-state index is -0.200. The normalized spacial score (nSPS) is 13.5. The van der Waals surface area contributed by atoms with E-state index in [0.29, 0.717) is 47.3 Å². The number of amides is 2. The highest BCUT2D eigenvalue weighted by Gasteiger charge is 2.24. The van der Waals surface area contributed by atoms with Gasteiger partial charge in [-0.15, -0.1) is 12.4 Å². The molecule has 1 aliphatic carbocycles. The number of nitrogens with one attached hydrogen (secondary N) is 1. The van der Waals surface area contributed by atoms with Crippen molar-refractivity contribution in [1.29, 1.82) is 0 Å². The Hall–Kier alpha value is -4.62. The molecule has 0 aromatic heterocycles. The predicted octanol–water partition coefficient (Wildman–Crippen LogP) is 9.30. The van der Waals surface area contributed by atoms with Gasteiger partial charge in [0.15, 0.2) is 5.75 Å². The quantitative estimate of drug-likeness (QED) is 0.146. The van der Waals surface area contributed by atoms with Gasteiger partial charge in [-0.3, -0.25) is 9.59 Å². The molecule has 246 valence electrons. The van der Waals surface area contributed by atoms with Gasteiger partial charge < -0.3 is 20.7 Å². The maximum Gasteiger partial charge on any atom is 0.258 e. The highest BCUT2D eigenvalue weighted by atomic mass is 35.5. The van der Waals surface area contributed by atoms with Crippen LogP contribution in [0.4, 0.5) is 5.69 Å². The Bertz CT molecular complexity index is 1850. The van der Waals surface area contributed by atoms with Crippen molar-refractivity contribution in [3.8, 4) is 22.6 Å². The minimum Gasteiger partial charge on any atom is -0.455 e. The molecule has 8 heteroatoms. The molecule has 0 heterocycles. The van der Waals surface area contributed by atoms with Crippen LogP contribution in [0.2, 0.25) is 5.02 Å². The number of halogens is 2. The number of nitrogens with two attached hydrogens (primary N) is 1. The third kappa shape index (κ3) is 8.45. The summed E-state index contributed by atoms with van der Waals surface area (Å²) < 4.78 is 6.32. The third-order valence-corrected chi connectivity index (χ3v) is 8.78. The van der Waals surface area contributed by atoms with Gasteiger partial charge in [-0.25, -0.2) is 0 Å². The summed E-state index contributed by atoms with van der Waals surface area (Å²) >= 11 is 6.44. The SMILES string of the molecule is Cl.NCc1cccc(Oc2cc(Cl)ccc2N(CCCC(=O)NC2CCCc3ccccc32)C(=O)c2ccc(-c3ccccc3)cc2)c1. The lowest BCUT2D eigenvalue weighted by molar-refractivity contribution is -0.122. The van der Waals surface area contributed by atoms with Gasteiger partial charge >= 0.3 is 0 Å². The Morgan fingerprint density at radius 3 is 2.40 bits per heavy atom. The molecule has 3 N–H and O–H groups in total. The first-order chi connectivity index (χ1) is 23.0. The van der Waals surface area contributed by atoms with Gasteiger partial charge in [-0.2, -0.15) is 0 Å². The molecule has 1 atom stereocenters. The average molecular weight is 681 g/mol. The van der Waals surface area contributed by atoms with Crippen LogP contribution in [0.1, 0.15) is 58.8 Å². The Kier molecular flexibility index (Phi) is 11.9. The summed E-state index contributed by atoms with van der Waals surface area (Å²) in [6.45, 7) is 0.673. The van der Waals surface area contributed by atoms with Crippen molar-refractivity contribution < 1.29 is 14.3 Å². The fraction of sp³-hybridized carbons (Fsp3) is 0.200. The zero-order chi connectivity index (χ0) is 32.6. The van der Waals surface area contributed by atoms with Crippen LogP contribution < -0.4 is 20.7 Å². The minimum absolute atomic E-state index is 0. The predicted molar refractivity (Wildman–Crippen MR) is 196 cm³/mol. The molecular formula is C40H39Cl2N3O3. The van der Waals surface area contributed by atoms with Gasteiger partial charge in [0.05, 0.1) is 11.7 Å². The number of benzene rings is 5. The van der Waals surface area contributed by atoms with Crippen LogP contribution in [-0.2, 0) is 17.8 Å². The molecule has 6 nitrogen and oxygen atoms in total. The molecular weight excluding hydrogens is 641 g/mol. The van der Waals surface area contributed by atoms with E-state index in [1.807, 2.05) is 91.0 Å². The van der Waals surface area contributed by atoms with Gasteiger partial charge in [0, 0.05) is 36.2 Å². The number of ether oxygens (including phenoxy) is 1. The van der Waals surface area contributed by atoms with Crippen LogP contribution in [0.15, 0.2) is 121 Å². The van der Waals surface area contributed by atoms with E-state index in [1.165, 1.54) is 11.1 Å². The van der Waals surface area contributed by atoms with E-state index in [2.05, 4.69) is 17.4 Å². The second kappa shape index (κ2) is 16.5. The number of hydrogen-bond acceptors (Lipinski definition) is 4. The second-order valence-electron chi connectivity index (χ2n) is 11.8. The lowest BCUT2D eigenvalue weighted by Gasteiger charge is -2.27. The molecule has 6 rings (SSSR count). The van der Waals surface area contributed by atoms with Gasteiger partial charge in [-0.1, -0.05) is 90.5 Å². The van der Waals surface area contributed by atoms with E-state index in [1.54, 1.807) is 23.1 Å². The van der Waals surface area contributed by atoms with Gasteiger partial charge in [0.1, 0.15) is 5.75 Å². The molecule has 0 aliphatic heterocycles. The van der Waals surface area contributed by atoms with E-state index in [-0.39, 0.29) is 36.7 Å². The summed E-state index contributed by atoms with van der Waals surface area (Å²) in [7, 11) is 0. The van der Waals surface area contributed by atoms with Gasteiger partial charge in [0.25, 0.3) is 5.91 Å². The topological polar surface area (TPSA) is 84.7 Å². The maximum atomic E-state index is 14.2. The third-order valence-electron chi connectivity index (χ3n) is 8.55. The van der Waals surface area contributed by atoms with Crippen LogP contribution in [0.3, 0.4) is 0 Å². The zero-order valence-electron chi connectivity index (χ0n) is 26.6. The fourth-order valence-electron chi connectivity index (χ4n) is 6.15. The molecule has 0 spiro atoms. The Morgan fingerprint density at radius 1 is 0.854 bits per heavy atom. The van der Waals surface area contributed by atoms with Crippen molar-refractivity contribution in [2.75, 3.05) is 11.4 Å². The molecule has 5 aromatic rings. The van der Waals surface area contributed by atoms with E-state index in [4.69, 9.17) is 22.1 Å². The number of anilines is 1. The van der Waals surface area contributed by atoms with Gasteiger partial charge in [0.2, 0.25) is 5.91 Å². The number of hydrogen-bond donors (Lipinski definition) is 2. The van der Waals surface area contributed by atoms with Crippen molar-refractivity contribution >= 4 is 41.5 Å². The van der Waals surface area contributed by atoms with E-state index in [0.717, 1.165) is 36.0 Å². The maximum absolute atomic E-state index is 14.2. The Balaban J connectivity index is 0.00000451. The standard InChI is InChI=1S/C40H38ClN3O3.ClH/c41-33-22-23-37(38(26-33)47-34-14-6-9-28(25-34)27-42)44(40(46)32-20-18-30(19-21-32)29-10-2-1-3-11-29)24-8-17-39(45)43-36-16-7-13-31-12-4-5-15-35(31)36;/h1-6,9-12,14-15,18-23,25-26,36H,7-8,13,16-17,24,27,42H2,(H,43,45);1H. The van der Waals surface area contributed by atoms with Crippen molar-refractivity contribution in [3.63, 3.8) is 0 Å². The summed E-state index contributed by atoms with van der Waals surface area (Å²) in [5.74, 6) is 0.791. The largest absolute Gasteiger partial charge is 0.455 e. The number of nitrogens with zero attached hydrogens (tertiary/aromatic N) is 1. The number of fused-ring (bicyclic) bond motifs is 1. The summed E-state index contributed by atoms with van der Waals surface area (Å²) in [5, 5.41) is 3.72. The molecule has 5 aromatic carbocycles. The lowest BCUT2D eigenvalue weighted by Crippen LogP contribution is -2.34. The summed E-state index contributed by atoms with van der Waals surface area (Å²) in [6.07, 6.45) is 3.73. The van der Waals surface area contributed by atoms with Crippen LogP contribution in [0.5, 0.6) is 11.5 Å². The number of carbonyl (C=O) groups excluding carboxylic acids is 2. The molecule has 2 amide bonds. The number of aryl methyl sites for hydroxylation is 1. The summed E-state index contributed by atoms with van der Waals surface area (Å²) in [5.41, 5.74) is 12.5. The second-order valence-corrected chi connectivity index (χ2v) is 12.2. The van der Waals surface area contributed by atoms with Crippen LogP contribution in [0, 0.1) is 0 Å². The van der Waals surface area contributed by atoms with Crippen molar-refractivity contribution in [3.05, 3.63) is 149 Å². The number of carbonyl (C=O) groups is 2. The fourth-order valence-corrected chi connectivity index (χ4v) is 6.31. The first kappa shape index (κ1) is 34.7. The van der Waals surface area contributed by atoms with Gasteiger partial charge in [-0.05, 0) is 89.9 Å². The number of rotatable bonds is 11. The lowest BCUT2D eigenvalue weighted by atomic mass is 9.87. The first-order valence-electron chi connectivity index (χ1n) is 16.1.